The molecule has 8 heteroatoms. The SMILES string of the molecule is CCCNC(=O)NC(=O)COC(=O)c1c(C)noc1C. The molecule has 1 aromatic heterocycles. The second kappa shape index (κ2) is 7.27. The van der Waals surface area contributed by atoms with Crippen molar-refractivity contribution in [1.29, 1.82) is 0 Å². The van der Waals surface area contributed by atoms with E-state index in [1.165, 1.54) is 0 Å². The van der Waals surface area contributed by atoms with Gasteiger partial charge in [0.2, 0.25) is 0 Å². The zero-order valence-corrected chi connectivity index (χ0v) is 11.6. The maximum absolute atomic E-state index is 11.7. The van der Waals surface area contributed by atoms with E-state index in [2.05, 4.69) is 10.5 Å². The van der Waals surface area contributed by atoms with Gasteiger partial charge < -0.3 is 14.6 Å². The molecule has 0 radical (unpaired) electrons. The van der Waals surface area contributed by atoms with Crippen LogP contribution >= 0.6 is 0 Å². The van der Waals surface area contributed by atoms with Gasteiger partial charge in [0.25, 0.3) is 5.91 Å². The lowest BCUT2D eigenvalue weighted by atomic mass is 10.2. The van der Waals surface area contributed by atoms with Crippen molar-refractivity contribution in [2.45, 2.75) is 27.2 Å². The molecule has 1 rings (SSSR count). The summed E-state index contributed by atoms with van der Waals surface area (Å²) in [4.78, 5) is 34.3. The summed E-state index contributed by atoms with van der Waals surface area (Å²) in [5.74, 6) is -1.11. The molecule has 0 saturated heterocycles. The minimum atomic E-state index is -0.717. The second-order valence-electron chi connectivity index (χ2n) is 4.08. The third-order valence-electron chi connectivity index (χ3n) is 2.36. The van der Waals surface area contributed by atoms with Crippen LogP contribution in [0.5, 0.6) is 0 Å². The molecule has 1 aromatic rings. The number of hydrogen-bond donors (Lipinski definition) is 2. The highest BCUT2D eigenvalue weighted by atomic mass is 16.5. The molecule has 0 saturated carbocycles. The van der Waals surface area contributed by atoms with Crippen LogP contribution in [-0.4, -0.2) is 36.2 Å². The van der Waals surface area contributed by atoms with E-state index in [0.29, 0.717) is 18.0 Å². The average molecular weight is 283 g/mol. The lowest BCUT2D eigenvalue weighted by Crippen LogP contribution is -2.41. The quantitative estimate of drug-likeness (QED) is 0.769. The van der Waals surface area contributed by atoms with Crippen LogP contribution in [0.15, 0.2) is 4.52 Å². The molecule has 0 aliphatic carbocycles. The number of hydrogen-bond acceptors (Lipinski definition) is 6. The summed E-state index contributed by atoms with van der Waals surface area (Å²) in [6.07, 6.45) is 0.753. The average Bonchev–Trinajstić information content (AvgIpc) is 2.73. The minimum Gasteiger partial charge on any atom is -0.452 e. The molecule has 0 bridgehead atoms. The molecule has 0 aliphatic rings. The van der Waals surface area contributed by atoms with Gasteiger partial charge in [0.15, 0.2) is 6.61 Å². The number of rotatable bonds is 5. The van der Waals surface area contributed by atoms with Gasteiger partial charge in [0.05, 0.1) is 5.69 Å². The topological polar surface area (TPSA) is 111 Å². The van der Waals surface area contributed by atoms with Gasteiger partial charge in [-0.3, -0.25) is 10.1 Å². The Bertz CT molecular complexity index is 490. The molecule has 3 amide bonds. The fourth-order valence-corrected chi connectivity index (χ4v) is 1.42. The van der Waals surface area contributed by atoms with Gasteiger partial charge in [-0.2, -0.15) is 0 Å². The van der Waals surface area contributed by atoms with Crippen LogP contribution in [0.2, 0.25) is 0 Å². The summed E-state index contributed by atoms with van der Waals surface area (Å²) in [6, 6.07) is -0.620. The Labute approximate surface area is 115 Å². The second-order valence-corrected chi connectivity index (χ2v) is 4.08. The Hall–Kier alpha value is -2.38. The summed E-state index contributed by atoms with van der Waals surface area (Å²) in [5.41, 5.74) is 0.571. The Morgan fingerprint density at radius 1 is 1.30 bits per heavy atom. The van der Waals surface area contributed by atoms with Gasteiger partial charge in [-0.15, -0.1) is 0 Å². The molecule has 0 atom stereocenters. The lowest BCUT2D eigenvalue weighted by Gasteiger charge is -2.06. The zero-order valence-electron chi connectivity index (χ0n) is 11.6. The summed E-state index contributed by atoms with van der Waals surface area (Å²) in [6.45, 7) is 4.94. The van der Waals surface area contributed by atoms with E-state index in [4.69, 9.17) is 9.26 Å². The molecule has 0 fully saturated rings. The standard InChI is InChI=1S/C12H17N3O5/c1-4-5-13-12(18)14-9(16)6-19-11(17)10-7(2)15-20-8(10)3/h4-6H2,1-3H3,(H2,13,14,16,18). The smallest absolute Gasteiger partial charge is 0.344 e. The third-order valence-corrected chi connectivity index (χ3v) is 2.36. The van der Waals surface area contributed by atoms with Crippen molar-refractivity contribution in [1.82, 2.24) is 15.8 Å². The number of amides is 3. The number of esters is 1. The van der Waals surface area contributed by atoms with Gasteiger partial charge in [-0.1, -0.05) is 12.1 Å². The molecular formula is C12H17N3O5. The number of urea groups is 1. The van der Waals surface area contributed by atoms with Crippen LogP contribution in [0.25, 0.3) is 0 Å². The first-order valence-electron chi connectivity index (χ1n) is 6.13. The predicted octanol–water partition coefficient (Wildman–Crippen LogP) is 0.684. The van der Waals surface area contributed by atoms with Gasteiger partial charge in [-0.05, 0) is 20.3 Å². The maximum atomic E-state index is 11.7. The molecule has 8 nitrogen and oxygen atoms in total. The van der Waals surface area contributed by atoms with Crippen LogP contribution in [0.4, 0.5) is 4.79 Å². The Kier molecular flexibility index (Phi) is 5.70. The fraction of sp³-hybridized carbons (Fsp3) is 0.500. The van der Waals surface area contributed by atoms with E-state index in [1.54, 1.807) is 13.8 Å². The summed E-state index contributed by atoms with van der Waals surface area (Å²) in [5, 5.41) is 8.11. The molecule has 0 spiro atoms. The maximum Gasteiger partial charge on any atom is 0.344 e. The van der Waals surface area contributed by atoms with Gasteiger partial charge in [-0.25, -0.2) is 9.59 Å². The summed E-state index contributed by atoms with van der Waals surface area (Å²) >= 11 is 0. The number of nitrogens with zero attached hydrogens (tertiary/aromatic N) is 1. The first-order chi connectivity index (χ1) is 9.45. The molecule has 1 heterocycles. The van der Waals surface area contributed by atoms with Gasteiger partial charge in [0.1, 0.15) is 11.3 Å². The van der Waals surface area contributed by atoms with Crippen molar-refractivity contribution in [2.24, 2.45) is 0 Å². The number of imide groups is 1. The number of ether oxygens (including phenoxy) is 1. The molecule has 0 aromatic carbocycles. The highest BCUT2D eigenvalue weighted by Gasteiger charge is 2.20. The van der Waals surface area contributed by atoms with Crippen LogP contribution in [0.1, 0.15) is 35.2 Å². The first-order valence-corrected chi connectivity index (χ1v) is 6.13. The van der Waals surface area contributed by atoms with E-state index < -0.39 is 24.5 Å². The van der Waals surface area contributed by atoms with Gasteiger partial charge in [0, 0.05) is 6.54 Å². The third kappa shape index (κ3) is 4.38. The van der Waals surface area contributed by atoms with Crippen molar-refractivity contribution in [3.8, 4) is 0 Å². The van der Waals surface area contributed by atoms with E-state index in [-0.39, 0.29) is 5.56 Å². The summed E-state index contributed by atoms with van der Waals surface area (Å²) in [7, 11) is 0. The van der Waals surface area contributed by atoms with E-state index in [0.717, 1.165) is 6.42 Å². The number of carbonyl (C=O) groups is 3. The Balaban J connectivity index is 2.42. The Morgan fingerprint density at radius 2 is 2.00 bits per heavy atom. The van der Waals surface area contributed by atoms with Crippen molar-refractivity contribution in [2.75, 3.05) is 13.2 Å². The molecule has 2 N–H and O–H groups in total. The Morgan fingerprint density at radius 3 is 2.55 bits per heavy atom. The molecule has 0 unspecified atom stereocenters. The number of aryl methyl sites for hydroxylation is 2. The van der Waals surface area contributed by atoms with Crippen molar-refractivity contribution < 1.29 is 23.6 Å². The monoisotopic (exact) mass is 283 g/mol. The number of aromatic nitrogens is 1. The van der Waals surface area contributed by atoms with Crippen LogP contribution in [0.3, 0.4) is 0 Å². The van der Waals surface area contributed by atoms with E-state index in [9.17, 15) is 14.4 Å². The van der Waals surface area contributed by atoms with Crippen molar-refractivity contribution >= 4 is 17.9 Å². The molecule has 20 heavy (non-hydrogen) atoms. The van der Waals surface area contributed by atoms with Crippen molar-refractivity contribution in [3.63, 3.8) is 0 Å². The fourth-order valence-electron chi connectivity index (χ4n) is 1.42. The zero-order chi connectivity index (χ0) is 15.1. The normalized spacial score (nSPS) is 9.95. The van der Waals surface area contributed by atoms with Crippen LogP contribution in [-0.2, 0) is 9.53 Å². The molecular weight excluding hydrogens is 266 g/mol. The highest BCUT2D eigenvalue weighted by molar-refractivity contribution is 5.97. The lowest BCUT2D eigenvalue weighted by molar-refractivity contribution is -0.123. The highest BCUT2D eigenvalue weighted by Crippen LogP contribution is 2.13. The number of carbonyl (C=O) groups excluding carboxylic acids is 3. The first kappa shape index (κ1) is 15.7. The largest absolute Gasteiger partial charge is 0.452 e. The summed E-state index contributed by atoms with van der Waals surface area (Å²) < 4.78 is 9.60. The minimum absolute atomic E-state index is 0.188. The van der Waals surface area contributed by atoms with E-state index in [1.807, 2.05) is 12.2 Å². The molecule has 110 valence electrons. The van der Waals surface area contributed by atoms with Crippen molar-refractivity contribution in [3.05, 3.63) is 17.0 Å². The van der Waals surface area contributed by atoms with Crippen LogP contribution < -0.4 is 10.6 Å². The van der Waals surface area contributed by atoms with Gasteiger partial charge >= 0.3 is 12.0 Å². The number of nitrogens with one attached hydrogen (secondary N) is 2. The predicted molar refractivity (Wildman–Crippen MR) is 68.1 cm³/mol. The molecule has 0 aliphatic heterocycles. The van der Waals surface area contributed by atoms with E-state index >= 15 is 0 Å². The van der Waals surface area contributed by atoms with Crippen LogP contribution in [0, 0.1) is 13.8 Å².